The number of nitrogens with zero attached hydrogens (tertiary/aromatic N) is 3. The quantitative estimate of drug-likeness (QED) is 0.561. The molecule has 0 aromatic heterocycles. The van der Waals surface area contributed by atoms with Crippen LogP contribution < -0.4 is 0 Å². The number of halogens is 1. The largest absolute Gasteiger partial charge is 0.444 e. The molecule has 1 saturated heterocycles. The van der Waals surface area contributed by atoms with Gasteiger partial charge in [0, 0.05) is 42.3 Å². The van der Waals surface area contributed by atoms with Gasteiger partial charge in [-0.25, -0.2) is 4.79 Å². The van der Waals surface area contributed by atoms with Crippen LogP contribution in [0.5, 0.6) is 0 Å². The molecule has 27 heavy (non-hydrogen) atoms. The molecule has 0 saturated carbocycles. The minimum absolute atomic E-state index is 0.135. The summed E-state index contributed by atoms with van der Waals surface area (Å²) in [4.78, 5) is 39.0. The van der Waals surface area contributed by atoms with Crippen molar-refractivity contribution in [1.82, 2.24) is 9.80 Å². The van der Waals surface area contributed by atoms with Gasteiger partial charge >= 0.3 is 6.09 Å². The van der Waals surface area contributed by atoms with Gasteiger partial charge in [-0.1, -0.05) is 11.6 Å². The summed E-state index contributed by atoms with van der Waals surface area (Å²) in [5.41, 5.74) is -0.310. The van der Waals surface area contributed by atoms with Gasteiger partial charge in [0.2, 0.25) is 0 Å². The van der Waals surface area contributed by atoms with Crippen LogP contribution >= 0.6 is 11.6 Å². The third kappa shape index (κ3) is 4.88. The van der Waals surface area contributed by atoms with Gasteiger partial charge in [-0.2, -0.15) is 0 Å². The first-order valence-electron chi connectivity index (χ1n) is 8.64. The van der Waals surface area contributed by atoms with Crippen LogP contribution in [0.15, 0.2) is 12.1 Å². The molecule has 1 aliphatic heterocycles. The van der Waals surface area contributed by atoms with Crippen molar-refractivity contribution in [2.45, 2.75) is 46.3 Å². The molecule has 1 aliphatic rings. The number of hydrogen-bond acceptors (Lipinski definition) is 5. The summed E-state index contributed by atoms with van der Waals surface area (Å²) in [5, 5.41) is 11.3. The molecule has 148 valence electrons. The lowest BCUT2D eigenvalue weighted by Crippen LogP contribution is -2.56. The Hall–Kier alpha value is -2.35. The van der Waals surface area contributed by atoms with Crippen LogP contribution in [0.1, 0.15) is 43.6 Å². The topological polar surface area (TPSA) is 93.0 Å². The number of rotatable bonds is 2. The summed E-state index contributed by atoms with van der Waals surface area (Å²) >= 11 is 5.96. The zero-order valence-corrected chi connectivity index (χ0v) is 16.9. The Labute approximate surface area is 163 Å². The standard InChI is InChI=1S/C18H24ClN3O5/c1-11-10-20(6-7-21(11)17(24)27-18(3,4)5)16(23)14-8-13(19)9-15(12(14)2)22(25)26/h8-9,11H,6-7,10H2,1-5H3/t11-/m0/s1. The fourth-order valence-electron chi connectivity index (χ4n) is 2.98. The molecule has 1 fully saturated rings. The second-order valence-corrected chi connectivity index (χ2v) is 8.06. The molecule has 8 nitrogen and oxygen atoms in total. The van der Waals surface area contributed by atoms with E-state index in [1.54, 1.807) is 30.6 Å². The summed E-state index contributed by atoms with van der Waals surface area (Å²) in [6.45, 7) is 9.68. The maximum absolute atomic E-state index is 12.9. The van der Waals surface area contributed by atoms with Crippen molar-refractivity contribution in [3.63, 3.8) is 0 Å². The van der Waals surface area contributed by atoms with E-state index >= 15 is 0 Å². The molecule has 1 aromatic rings. The van der Waals surface area contributed by atoms with E-state index in [-0.39, 0.29) is 33.8 Å². The number of ether oxygens (including phenoxy) is 1. The predicted molar refractivity (Wildman–Crippen MR) is 101 cm³/mol. The monoisotopic (exact) mass is 397 g/mol. The molecule has 2 amide bonds. The summed E-state index contributed by atoms with van der Waals surface area (Å²) in [6, 6.07) is 2.43. The SMILES string of the molecule is Cc1c(C(=O)N2CCN(C(=O)OC(C)(C)C)[C@@H](C)C2)cc(Cl)cc1[N+](=O)[O-]. The third-order valence-electron chi connectivity index (χ3n) is 4.31. The third-order valence-corrected chi connectivity index (χ3v) is 4.53. The number of nitro benzene ring substituents is 1. The first-order chi connectivity index (χ1) is 12.4. The molecule has 0 N–H and O–H groups in total. The van der Waals surface area contributed by atoms with E-state index in [4.69, 9.17) is 16.3 Å². The highest BCUT2D eigenvalue weighted by Crippen LogP contribution is 2.28. The average molecular weight is 398 g/mol. The lowest BCUT2D eigenvalue weighted by Gasteiger charge is -2.40. The number of benzene rings is 1. The maximum Gasteiger partial charge on any atom is 0.410 e. The second-order valence-electron chi connectivity index (χ2n) is 7.63. The van der Waals surface area contributed by atoms with Crippen LogP contribution in [0, 0.1) is 17.0 Å². The number of piperazine rings is 1. The van der Waals surface area contributed by atoms with E-state index < -0.39 is 16.6 Å². The zero-order chi connectivity index (χ0) is 20.5. The smallest absolute Gasteiger partial charge is 0.410 e. The Morgan fingerprint density at radius 2 is 1.93 bits per heavy atom. The minimum atomic E-state index is -0.597. The van der Waals surface area contributed by atoms with Crippen LogP contribution in [0.25, 0.3) is 0 Å². The number of carbonyl (C=O) groups is 2. The summed E-state index contributed by atoms with van der Waals surface area (Å²) < 4.78 is 5.40. The Balaban J connectivity index is 2.17. The minimum Gasteiger partial charge on any atom is -0.444 e. The van der Waals surface area contributed by atoms with E-state index in [9.17, 15) is 19.7 Å². The second kappa shape index (κ2) is 7.72. The molecule has 0 spiro atoms. The molecular formula is C18H24ClN3O5. The fourth-order valence-corrected chi connectivity index (χ4v) is 3.19. The number of hydrogen-bond donors (Lipinski definition) is 0. The number of nitro groups is 1. The average Bonchev–Trinajstić information content (AvgIpc) is 2.53. The maximum atomic E-state index is 12.9. The molecule has 1 aromatic carbocycles. The van der Waals surface area contributed by atoms with Crippen molar-refractivity contribution >= 4 is 29.3 Å². The fraction of sp³-hybridized carbons (Fsp3) is 0.556. The molecule has 0 aliphatic carbocycles. The van der Waals surface area contributed by atoms with E-state index in [1.807, 2.05) is 6.92 Å². The highest BCUT2D eigenvalue weighted by Gasteiger charge is 2.34. The lowest BCUT2D eigenvalue weighted by molar-refractivity contribution is -0.385. The normalized spacial score (nSPS) is 17.6. The van der Waals surface area contributed by atoms with Crippen molar-refractivity contribution < 1.29 is 19.2 Å². The van der Waals surface area contributed by atoms with Crippen molar-refractivity contribution in [1.29, 1.82) is 0 Å². The van der Waals surface area contributed by atoms with Crippen molar-refractivity contribution in [3.8, 4) is 0 Å². The summed E-state index contributed by atoms with van der Waals surface area (Å²) in [5.74, 6) is -0.339. The molecule has 2 rings (SSSR count). The van der Waals surface area contributed by atoms with E-state index in [2.05, 4.69) is 0 Å². The van der Waals surface area contributed by atoms with Crippen LogP contribution in [0.2, 0.25) is 5.02 Å². The van der Waals surface area contributed by atoms with Gasteiger partial charge in [-0.15, -0.1) is 0 Å². The van der Waals surface area contributed by atoms with Crippen molar-refractivity contribution in [2.75, 3.05) is 19.6 Å². The Morgan fingerprint density at radius 3 is 2.44 bits per heavy atom. The van der Waals surface area contributed by atoms with Gasteiger partial charge in [0.05, 0.1) is 10.5 Å². The highest BCUT2D eigenvalue weighted by atomic mass is 35.5. The Kier molecular flexibility index (Phi) is 5.99. The molecule has 9 heteroatoms. The molecule has 0 radical (unpaired) electrons. The Bertz CT molecular complexity index is 775. The molecule has 0 bridgehead atoms. The highest BCUT2D eigenvalue weighted by molar-refractivity contribution is 6.31. The van der Waals surface area contributed by atoms with Crippen molar-refractivity contribution in [2.24, 2.45) is 0 Å². The van der Waals surface area contributed by atoms with E-state index in [0.717, 1.165) is 0 Å². The molecule has 1 heterocycles. The first kappa shape index (κ1) is 21.0. The van der Waals surface area contributed by atoms with Gasteiger partial charge in [-0.3, -0.25) is 14.9 Å². The van der Waals surface area contributed by atoms with E-state index in [1.165, 1.54) is 19.1 Å². The lowest BCUT2D eigenvalue weighted by atomic mass is 10.0. The first-order valence-corrected chi connectivity index (χ1v) is 9.02. The van der Waals surface area contributed by atoms with Gasteiger partial charge in [0.1, 0.15) is 5.60 Å². The van der Waals surface area contributed by atoms with Gasteiger partial charge in [0.15, 0.2) is 0 Å². The molecule has 1 atom stereocenters. The Morgan fingerprint density at radius 1 is 1.30 bits per heavy atom. The van der Waals surface area contributed by atoms with Crippen LogP contribution in [0.4, 0.5) is 10.5 Å². The van der Waals surface area contributed by atoms with E-state index in [0.29, 0.717) is 19.6 Å². The van der Waals surface area contributed by atoms with Crippen LogP contribution in [-0.2, 0) is 4.74 Å². The van der Waals surface area contributed by atoms with Crippen LogP contribution in [0.3, 0.4) is 0 Å². The molecular weight excluding hydrogens is 374 g/mol. The van der Waals surface area contributed by atoms with Gasteiger partial charge < -0.3 is 14.5 Å². The summed E-state index contributed by atoms with van der Waals surface area (Å²) in [7, 11) is 0. The zero-order valence-electron chi connectivity index (χ0n) is 16.1. The predicted octanol–water partition coefficient (Wildman–Crippen LogP) is 3.64. The summed E-state index contributed by atoms with van der Waals surface area (Å²) in [6.07, 6.45) is -0.420. The van der Waals surface area contributed by atoms with Gasteiger partial charge in [0.25, 0.3) is 11.6 Å². The van der Waals surface area contributed by atoms with Crippen molar-refractivity contribution in [3.05, 3.63) is 38.4 Å². The van der Waals surface area contributed by atoms with Crippen LogP contribution in [-0.4, -0.2) is 58.0 Å². The van der Waals surface area contributed by atoms with Gasteiger partial charge in [-0.05, 0) is 40.7 Å². The number of carbonyl (C=O) groups excluding carboxylic acids is 2. The molecule has 0 unspecified atom stereocenters. The number of amides is 2.